The average Bonchev–Trinajstić information content (AvgIpc) is 2.55. The predicted molar refractivity (Wildman–Crippen MR) is 90.6 cm³/mol. The summed E-state index contributed by atoms with van der Waals surface area (Å²) < 4.78 is 5.14. The summed E-state index contributed by atoms with van der Waals surface area (Å²) in [6.45, 7) is 2.75. The first-order chi connectivity index (χ1) is 10.6. The van der Waals surface area contributed by atoms with Crippen LogP contribution in [0, 0.1) is 0 Å². The summed E-state index contributed by atoms with van der Waals surface area (Å²) in [5.74, 6) is 0.860. The van der Waals surface area contributed by atoms with Crippen molar-refractivity contribution in [2.75, 3.05) is 13.7 Å². The fourth-order valence-corrected chi connectivity index (χ4v) is 2.58. The van der Waals surface area contributed by atoms with E-state index in [-0.39, 0.29) is 6.04 Å². The van der Waals surface area contributed by atoms with Crippen molar-refractivity contribution < 1.29 is 9.84 Å². The molecule has 0 saturated heterocycles. The molecule has 2 aromatic carbocycles. The fourth-order valence-electron chi connectivity index (χ4n) is 2.33. The van der Waals surface area contributed by atoms with E-state index in [1.165, 1.54) is 5.56 Å². The van der Waals surface area contributed by atoms with E-state index in [0.717, 1.165) is 24.3 Å². The highest BCUT2D eigenvalue weighted by molar-refractivity contribution is 6.31. The molecule has 0 radical (unpaired) electrons. The van der Waals surface area contributed by atoms with Gasteiger partial charge in [-0.25, -0.2) is 0 Å². The molecule has 118 valence electrons. The second-order valence-corrected chi connectivity index (χ2v) is 5.71. The van der Waals surface area contributed by atoms with E-state index in [4.69, 9.17) is 16.3 Å². The molecule has 2 N–H and O–H groups in total. The van der Waals surface area contributed by atoms with Crippen LogP contribution in [0.25, 0.3) is 0 Å². The minimum atomic E-state index is -0.621. The van der Waals surface area contributed by atoms with Gasteiger partial charge in [0, 0.05) is 16.6 Å². The Morgan fingerprint density at radius 1 is 1.14 bits per heavy atom. The Morgan fingerprint density at radius 2 is 1.82 bits per heavy atom. The van der Waals surface area contributed by atoms with Crippen LogP contribution in [0.15, 0.2) is 48.5 Å². The molecule has 0 fully saturated rings. The summed E-state index contributed by atoms with van der Waals surface area (Å²) in [4.78, 5) is 0. The topological polar surface area (TPSA) is 41.5 Å². The third-order valence-electron chi connectivity index (χ3n) is 3.74. The van der Waals surface area contributed by atoms with E-state index in [9.17, 15) is 5.11 Å². The van der Waals surface area contributed by atoms with Gasteiger partial charge in [0.25, 0.3) is 0 Å². The van der Waals surface area contributed by atoms with Crippen molar-refractivity contribution in [3.8, 4) is 5.75 Å². The normalized spacial score (nSPS) is 13.6. The lowest BCUT2D eigenvalue weighted by molar-refractivity contribution is 0.136. The van der Waals surface area contributed by atoms with Crippen LogP contribution < -0.4 is 10.1 Å². The molecule has 0 spiro atoms. The Hall–Kier alpha value is -1.55. The van der Waals surface area contributed by atoms with E-state index >= 15 is 0 Å². The monoisotopic (exact) mass is 319 g/mol. The number of halogens is 1. The molecule has 2 aromatic rings. The molecule has 0 aromatic heterocycles. The highest BCUT2D eigenvalue weighted by atomic mass is 35.5. The summed E-state index contributed by atoms with van der Waals surface area (Å²) in [5.41, 5.74) is 1.99. The van der Waals surface area contributed by atoms with Gasteiger partial charge in [-0.1, -0.05) is 41.9 Å². The van der Waals surface area contributed by atoms with Crippen molar-refractivity contribution in [3.63, 3.8) is 0 Å². The molecule has 0 saturated carbocycles. The molecule has 22 heavy (non-hydrogen) atoms. The van der Waals surface area contributed by atoms with Crippen LogP contribution >= 0.6 is 11.6 Å². The number of ether oxygens (including phenoxy) is 1. The van der Waals surface area contributed by atoms with E-state index in [2.05, 4.69) is 17.4 Å². The second kappa shape index (κ2) is 8.18. The Bertz CT molecular complexity index is 586. The first-order valence-corrected chi connectivity index (χ1v) is 7.78. The van der Waals surface area contributed by atoms with Crippen LogP contribution in [0.4, 0.5) is 0 Å². The molecule has 0 bridgehead atoms. The van der Waals surface area contributed by atoms with Gasteiger partial charge in [-0.15, -0.1) is 0 Å². The van der Waals surface area contributed by atoms with Crippen molar-refractivity contribution in [2.45, 2.75) is 25.5 Å². The second-order valence-electron chi connectivity index (χ2n) is 5.31. The molecule has 2 unspecified atom stereocenters. The van der Waals surface area contributed by atoms with Gasteiger partial charge in [0.1, 0.15) is 5.75 Å². The highest BCUT2D eigenvalue weighted by Gasteiger charge is 2.17. The third kappa shape index (κ3) is 4.47. The quantitative estimate of drug-likeness (QED) is 0.819. The molecular weight excluding hydrogens is 298 g/mol. The summed E-state index contributed by atoms with van der Waals surface area (Å²) in [6, 6.07) is 15.3. The highest BCUT2D eigenvalue weighted by Crippen LogP contribution is 2.24. The zero-order valence-corrected chi connectivity index (χ0v) is 13.7. The standard InChI is InChI=1S/C18H22ClNO2/c1-13(18(21)16-5-3-4-6-17(16)19)20-12-11-14-7-9-15(22-2)10-8-14/h3-10,13,18,20-21H,11-12H2,1-2H3. The summed E-state index contributed by atoms with van der Waals surface area (Å²) >= 11 is 6.12. The zero-order chi connectivity index (χ0) is 15.9. The molecule has 0 aliphatic carbocycles. The maximum atomic E-state index is 10.4. The minimum Gasteiger partial charge on any atom is -0.497 e. The van der Waals surface area contributed by atoms with Crippen LogP contribution in [0.3, 0.4) is 0 Å². The Labute approximate surface area is 136 Å². The first-order valence-electron chi connectivity index (χ1n) is 7.40. The van der Waals surface area contributed by atoms with Gasteiger partial charge < -0.3 is 15.2 Å². The van der Waals surface area contributed by atoms with E-state index in [0.29, 0.717) is 5.02 Å². The number of benzene rings is 2. The first kappa shape index (κ1) is 16.8. The number of aliphatic hydroxyl groups is 1. The SMILES string of the molecule is COc1ccc(CCNC(C)C(O)c2ccccc2Cl)cc1. The van der Waals surface area contributed by atoms with Crippen LogP contribution in [0.5, 0.6) is 5.75 Å². The lowest BCUT2D eigenvalue weighted by Crippen LogP contribution is -2.33. The van der Waals surface area contributed by atoms with Crippen LogP contribution in [-0.2, 0) is 6.42 Å². The van der Waals surface area contributed by atoms with Gasteiger partial charge in [0.2, 0.25) is 0 Å². The molecule has 3 nitrogen and oxygen atoms in total. The largest absolute Gasteiger partial charge is 0.497 e. The van der Waals surface area contributed by atoms with Crippen molar-refractivity contribution in [3.05, 3.63) is 64.7 Å². The van der Waals surface area contributed by atoms with Gasteiger partial charge >= 0.3 is 0 Å². The van der Waals surface area contributed by atoms with Gasteiger partial charge in [0.05, 0.1) is 13.2 Å². The van der Waals surface area contributed by atoms with E-state index in [1.54, 1.807) is 13.2 Å². The maximum Gasteiger partial charge on any atom is 0.118 e. The van der Waals surface area contributed by atoms with Gasteiger partial charge in [-0.2, -0.15) is 0 Å². The smallest absolute Gasteiger partial charge is 0.118 e. The van der Waals surface area contributed by atoms with Crippen LogP contribution in [-0.4, -0.2) is 24.8 Å². The number of aliphatic hydroxyl groups excluding tert-OH is 1. The summed E-state index contributed by atoms with van der Waals surface area (Å²) in [6.07, 6.45) is 0.272. The van der Waals surface area contributed by atoms with Crippen molar-refractivity contribution in [1.82, 2.24) is 5.32 Å². The minimum absolute atomic E-state index is 0.0712. The van der Waals surface area contributed by atoms with Crippen molar-refractivity contribution in [1.29, 1.82) is 0 Å². The number of hydrogen-bond donors (Lipinski definition) is 2. The summed E-state index contributed by atoms with van der Waals surface area (Å²) in [7, 11) is 1.66. The van der Waals surface area contributed by atoms with Gasteiger partial charge in [-0.05, 0) is 43.7 Å². The van der Waals surface area contributed by atoms with Crippen molar-refractivity contribution in [2.24, 2.45) is 0 Å². The Kier molecular flexibility index (Phi) is 6.25. The van der Waals surface area contributed by atoms with E-state index < -0.39 is 6.10 Å². The third-order valence-corrected chi connectivity index (χ3v) is 4.08. The van der Waals surface area contributed by atoms with Crippen molar-refractivity contribution >= 4 is 11.6 Å². The van der Waals surface area contributed by atoms with Crippen LogP contribution in [0.1, 0.15) is 24.2 Å². The lowest BCUT2D eigenvalue weighted by atomic mass is 10.0. The molecule has 4 heteroatoms. The van der Waals surface area contributed by atoms with Crippen LogP contribution in [0.2, 0.25) is 5.02 Å². The van der Waals surface area contributed by atoms with E-state index in [1.807, 2.05) is 37.3 Å². The van der Waals surface area contributed by atoms with Gasteiger partial charge in [0.15, 0.2) is 0 Å². The summed E-state index contributed by atoms with van der Waals surface area (Å²) in [5, 5.41) is 14.3. The molecule has 2 rings (SSSR count). The zero-order valence-electron chi connectivity index (χ0n) is 12.9. The number of rotatable bonds is 7. The lowest BCUT2D eigenvalue weighted by Gasteiger charge is -2.21. The Morgan fingerprint density at radius 3 is 2.45 bits per heavy atom. The Balaban J connectivity index is 1.84. The van der Waals surface area contributed by atoms with Gasteiger partial charge in [-0.3, -0.25) is 0 Å². The predicted octanol–water partition coefficient (Wildman–Crippen LogP) is 3.60. The number of nitrogens with one attached hydrogen (secondary N) is 1. The molecule has 0 heterocycles. The fraction of sp³-hybridized carbons (Fsp3) is 0.333. The molecule has 0 aliphatic rings. The molecule has 2 atom stereocenters. The maximum absolute atomic E-state index is 10.4. The number of hydrogen-bond acceptors (Lipinski definition) is 3. The average molecular weight is 320 g/mol. The number of methoxy groups -OCH3 is 1. The molecule has 0 aliphatic heterocycles. The molecular formula is C18H22ClNO2. The molecule has 0 amide bonds.